The van der Waals surface area contributed by atoms with Crippen LogP contribution in [0.25, 0.3) is 0 Å². The van der Waals surface area contributed by atoms with Crippen LogP contribution < -0.4 is 9.78 Å². The van der Waals surface area contributed by atoms with Gasteiger partial charge in [-0.15, -0.1) is 0 Å². The third kappa shape index (κ3) is 2.12. The standard InChI is InChI=1S/C17H20NOSe/c19-16(14-3-1-2-4-15(14)20)18-17-8-11-5-12(9-17)7-13(6-11)10-17/h1-4,11-13H,5-10H2,(H,18,19). The van der Waals surface area contributed by atoms with E-state index in [1.807, 2.05) is 24.3 Å². The average Bonchev–Trinajstić information content (AvgIpc) is 2.36. The topological polar surface area (TPSA) is 29.1 Å². The quantitative estimate of drug-likeness (QED) is 0.826. The van der Waals surface area contributed by atoms with Gasteiger partial charge in [-0.3, -0.25) is 0 Å². The zero-order valence-corrected chi connectivity index (χ0v) is 13.3. The predicted molar refractivity (Wildman–Crippen MR) is 80.2 cm³/mol. The van der Waals surface area contributed by atoms with Crippen molar-refractivity contribution in [2.24, 2.45) is 17.8 Å². The van der Waals surface area contributed by atoms with Crippen LogP contribution in [0, 0.1) is 17.8 Å². The van der Waals surface area contributed by atoms with Crippen molar-refractivity contribution in [2.45, 2.75) is 44.1 Å². The first-order valence-corrected chi connectivity index (χ1v) is 8.58. The fourth-order valence-corrected chi connectivity index (χ4v) is 5.73. The molecule has 1 amide bonds. The summed E-state index contributed by atoms with van der Waals surface area (Å²) in [6.07, 6.45) is 7.86. The molecule has 1 aromatic rings. The van der Waals surface area contributed by atoms with Gasteiger partial charge in [0.05, 0.1) is 0 Å². The van der Waals surface area contributed by atoms with Crippen LogP contribution in [0.2, 0.25) is 0 Å². The molecular formula is C17H20NOSe. The molecule has 0 aromatic heterocycles. The van der Waals surface area contributed by atoms with Crippen molar-refractivity contribution in [2.75, 3.05) is 0 Å². The number of amides is 1. The molecule has 0 unspecified atom stereocenters. The van der Waals surface area contributed by atoms with Crippen LogP contribution in [0.3, 0.4) is 0 Å². The minimum atomic E-state index is 0.105. The van der Waals surface area contributed by atoms with E-state index in [4.69, 9.17) is 0 Å². The van der Waals surface area contributed by atoms with Crippen LogP contribution in [-0.2, 0) is 0 Å². The molecule has 0 aliphatic heterocycles. The van der Waals surface area contributed by atoms with E-state index in [1.165, 1.54) is 38.5 Å². The molecule has 1 aromatic carbocycles. The van der Waals surface area contributed by atoms with E-state index in [-0.39, 0.29) is 11.4 Å². The molecule has 4 saturated carbocycles. The maximum atomic E-state index is 12.6. The van der Waals surface area contributed by atoms with E-state index in [1.54, 1.807) is 0 Å². The maximum absolute atomic E-state index is 12.6. The fraction of sp³-hybridized carbons (Fsp3) is 0.588. The second-order valence-corrected chi connectivity index (χ2v) is 8.07. The molecule has 2 nitrogen and oxygen atoms in total. The Labute approximate surface area is 128 Å². The molecule has 0 atom stereocenters. The number of carbonyl (C=O) groups is 1. The summed E-state index contributed by atoms with van der Waals surface area (Å²) in [6, 6.07) is 7.79. The first-order chi connectivity index (χ1) is 9.63. The Morgan fingerprint density at radius 1 is 1.05 bits per heavy atom. The molecule has 4 aliphatic carbocycles. The van der Waals surface area contributed by atoms with Gasteiger partial charge in [-0.1, -0.05) is 0 Å². The third-order valence-corrected chi connectivity index (χ3v) is 6.30. The van der Waals surface area contributed by atoms with E-state index in [9.17, 15) is 4.79 Å². The molecule has 4 bridgehead atoms. The summed E-state index contributed by atoms with van der Waals surface area (Å²) >= 11 is 3.00. The monoisotopic (exact) mass is 334 g/mol. The summed E-state index contributed by atoms with van der Waals surface area (Å²) in [4.78, 5) is 12.6. The summed E-state index contributed by atoms with van der Waals surface area (Å²) in [5.74, 6) is 2.71. The summed E-state index contributed by atoms with van der Waals surface area (Å²) in [5, 5.41) is 3.42. The van der Waals surface area contributed by atoms with Gasteiger partial charge in [-0.05, 0) is 0 Å². The Bertz CT molecular complexity index is 518. The van der Waals surface area contributed by atoms with Crippen LogP contribution >= 0.6 is 0 Å². The Balaban J connectivity index is 1.57. The van der Waals surface area contributed by atoms with E-state index >= 15 is 0 Å². The zero-order valence-electron chi connectivity index (χ0n) is 11.6. The van der Waals surface area contributed by atoms with E-state index in [2.05, 4.69) is 21.3 Å². The first-order valence-electron chi connectivity index (χ1n) is 7.72. The minimum absolute atomic E-state index is 0.105. The predicted octanol–water partition coefficient (Wildman–Crippen LogP) is 2.18. The molecule has 1 N–H and O–H groups in total. The normalized spacial score (nSPS) is 37.9. The Morgan fingerprint density at radius 3 is 2.15 bits per heavy atom. The Kier molecular flexibility index (Phi) is 2.98. The summed E-state index contributed by atoms with van der Waals surface area (Å²) in [7, 11) is 0. The van der Waals surface area contributed by atoms with Crippen LogP contribution in [0.5, 0.6) is 0 Å². The van der Waals surface area contributed by atoms with Crippen molar-refractivity contribution in [3.8, 4) is 0 Å². The van der Waals surface area contributed by atoms with Crippen molar-refractivity contribution in [1.82, 2.24) is 5.32 Å². The van der Waals surface area contributed by atoms with Crippen molar-refractivity contribution in [3.63, 3.8) is 0 Å². The molecular weight excluding hydrogens is 313 g/mol. The third-order valence-electron chi connectivity index (χ3n) is 5.55. The zero-order chi connectivity index (χ0) is 13.7. The summed E-state index contributed by atoms with van der Waals surface area (Å²) in [5.41, 5.74) is 0.900. The van der Waals surface area contributed by atoms with Crippen molar-refractivity contribution < 1.29 is 4.79 Å². The molecule has 3 heteroatoms. The van der Waals surface area contributed by atoms with Gasteiger partial charge in [0.25, 0.3) is 0 Å². The second-order valence-electron chi connectivity index (χ2n) is 7.15. The van der Waals surface area contributed by atoms with Crippen molar-refractivity contribution >= 4 is 26.4 Å². The van der Waals surface area contributed by atoms with Gasteiger partial charge in [-0.25, -0.2) is 0 Å². The van der Waals surface area contributed by atoms with Gasteiger partial charge in [0.15, 0.2) is 0 Å². The molecule has 4 aliphatic rings. The van der Waals surface area contributed by atoms with E-state index in [0.29, 0.717) is 0 Å². The van der Waals surface area contributed by atoms with Gasteiger partial charge in [0.1, 0.15) is 0 Å². The number of benzene rings is 1. The molecule has 4 fully saturated rings. The van der Waals surface area contributed by atoms with Crippen LogP contribution in [-0.4, -0.2) is 27.5 Å². The molecule has 20 heavy (non-hydrogen) atoms. The van der Waals surface area contributed by atoms with Gasteiger partial charge in [-0.2, -0.15) is 0 Å². The Morgan fingerprint density at radius 2 is 1.60 bits per heavy atom. The van der Waals surface area contributed by atoms with Gasteiger partial charge in [0.2, 0.25) is 0 Å². The van der Waals surface area contributed by atoms with E-state index in [0.717, 1.165) is 27.8 Å². The molecule has 1 radical (unpaired) electrons. The van der Waals surface area contributed by atoms with Crippen molar-refractivity contribution in [1.29, 1.82) is 0 Å². The van der Waals surface area contributed by atoms with Crippen LogP contribution in [0.1, 0.15) is 48.9 Å². The molecule has 5 rings (SSSR count). The van der Waals surface area contributed by atoms with Gasteiger partial charge >= 0.3 is 128 Å². The number of carbonyl (C=O) groups excluding carboxylic acids is 1. The molecule has 0 spiro atoms. The Hall–Kier alpha value is -0.791. The molecule has 0 saturated heterocycles. The SMILES string of the molecule is O=C(NC12CC3CC(CC(C3)C1)C2)c1ccccc1[Se]. The number of hydrogen-bond acceptors (Lipinski definition) is 1. The number of rotatable bonds is 2. The first kappa shape index (κ1) is 12.9. The average molecular weight is 333 g/mol. The van der Waals surface area contributed by atoms with Gasteiger partial charge < -0.3 is 0 Å². The van der Waals surface area contributed by atoms with Crippen molar-refractivity contribution in [3.05, 3.63) is 29.8 Å². The summed E-state index contributed by atoms with van der Waals surface area (Å²) in [6.45, 7) is 0. The summed E-state index contributed by atoms with van der Waals surface area (Å²) < 4.78 is 0.953. The number of nitrogens with one attached hydrogen (secondary N) is 1. The second kappa shape index (κ2) is 4.61. The van der Waals surface area contributed by atoms with Crippen LogP contribution in [0.15, 0.2) is 24.3 Å². The molecule has 105 valence electrons. The van der Waals surface area contributed by atoms with Crippen LogP contribution in [0.4, 0.5) is 0 Å². The molecule has 0 heterocycles. The fourth-order valence-electron chi connectivity index (χ4n) is 5.23. The number of hydrogen-bond donors (Lipinski definition) is 1. The van der Waals surface area contributed by atoms with E-state index < -0.39 is 0 Å². The van der Waals surface area contributed by atoms with Gasteiger partial charge in [0, 0.05) is 0 Å².